The highest BCUT2D eigenvalue weighted by atomic mass is 35.5. The van der Waals surface area contributed by atoms with Crippen LogP contribution in [-0.4, -0.2) is 27.8 Å². The molecule has 7 heteroatoms. The largest absolute Gasteiger partial charge is 0.337 e. The number of carbonyl (C=O) groups is 1. The summed E-state index contributed by atoms with van der Waals surface area (Å²) in [4.78, 5) is 16.2. The van der Waals surface area contributed by atoms with E-state index in [2.05, 4.69) is 31.9 Å². The summed E-state index contributed by atoms with van der Waals surface area (Å²) in [5.41, 5.74) is 1.07. The van der Waals surface area contributed by atoms with Gasteiger partial charge in [0, 0.05) is 17.0 Å². The molecule has 3 rings (SSSR count). The third-order valence-electron chi connectivity index (χ3n) is 4.53. The fourth-order valence-electron chi connectivity index (χ4n) is 3.03. The quantitative estimate of drug-likeness (QED) is 0.786. The second-order valence-corrected chi connectivity index (χ2v) is 6.44. The van der Waals surface area contributed by atoms with Crippen molar-refractivity contribution in [2.45, 2.75) is 37.6 Å². The Morgan fingerprint density at radius 1 is 1.43 bits per heavy atom. The number of amides is 2. The van der Waals surface area contributed by atoms with Crippen LogP contribution in [0.2, 0.25) is 5.02 Å². The van der Waals surface area contributed by atoms with Crippen LogP contribution >= 0.6 is 11.6 Å². The average molecular weight is 334 g/mol. The second-order valence-electron chi connectivity index (χ2n) is 6.03. The molecule has 23 heavy (non-hydrogen) atoms. The van der Waals surface area contributed by atoms with Gasteiger partial charge in [0.05, 0.1) is 6.04 Å². The van der Waals surface area contributed by atoms with E-state index in [-0.39, 0.29) is 17.5 Å². The van der Waals surface area contributed by atoms with Crippen molar-refractivity contribution < 1.29 is 4.79 Å². The Bertz CT molecular complexity index is 669. The van der Waals surface area contributed by atoms with Gasteiger partial charge in [-0.2, -0.15) is 5.10 Å². The van der Waals surface area contributed by atoms with Crippen LogP contribution in [0, 0.1) is 0 Å². The summed E-state index contributed by atoms with van der Waals surface area (Å²) < 4.78 is 0. The van der Waals surface area contributed by atoms with Gasteiger partial charge >= 0.3 is 6.03 Å². The van der Waals surface area contributed by atoms with Crippen molar-refractivity contribution in [3.63, 3.8) is 0 Å². The van der Waals surface area contributed by atoms with Gasteiger partial charge < -0.3 is 10.6 Å². The molecule has 1 aliphatic carbocycles. The molecule has 1 aromatic heterocycles. The van der Waals surface area contributed by atoms with E-state index in [0.717, 1.165) is 29.8 Å². The van der Waals surface area contributed by atoms with E-state index >= 15 is 0 Å². The number of hydrogen-bond donors (Lipinski definition) is 3. The van der Waals surface area contributed by atoms with E-state index in [1.165, 1.54) is 6.33 Å². The van der Waals surface area contributed by atoms with Gasteiger partial charge in [-0.15, -0.1) is 0 Å². The third kappa shape index (κ3) is 3.32. The monoisotopic (exact) mass is 333 g/mol. The molecule has 0 radical (unpaired) electrons. The Balaban J connectivity index is 1.60. The Morgan fingerprint density at radius 2 is 2.22 bits per heavy atom. The molecule has 2 amide bonds. The number of benzene rings is 1. The van der Waals surface area contributed by atoms with Crippen LogP contribution < -0.4 is 10.6 Å². The van der Waals surface area contributed by atoms with Crippen LogP contribution in [0.15, 0.2) is 30.6 Å². The normalized spacial score (nSPS) is 17.1. The summed E-state index contributed by atoms with van der Waals surface area (Å²) in [6, 6.07) is 7.44. The number of nitrogens with zero attached hydrogens (tertiary/aromatic N) is 2. The molecular formula is C16H20ClN5O. The lowest BCUT2D eigenvalue weighted by atomic mass is 9.64. The maximum atomic E-state index is 12.1. The van der Waals surface area contributed by atoms with E-state index in [0.29, 0.717) is 12.4 Å². The van der Waals surface area contributed by atoms with Gasteiger partial charge in [-0.25, -0.2) is 9.78 Å². The number of nitrogens with one attached hydrogen (secondary N) is 3. The number of urea groups is 1. The van der Waals surface area contributed by atoms with E-state index in [9.17, 15) is 4.79 Å². The maximum absolute atomic E-state index is 12.1. The topological polar surface area (TPSA) is 82.7 Å². The van der Waals surface area contributed by atoms with Crippen LogP contribution in [0.1, 0.15) is 43.6 Å². The lowest BCUT2D eigenvalue weighted by Gasteiger charge is -2.43. The molecule has 1 atom stereocenters. The molecular weight excluding hydrogens is 314 g/mol. The molecule has 0 bridgehead atoms. The Hall–Kier alpha value is -2.08. The predicted octanol–water partition coefficient (Wildman–Crippen LogP) is 2.94. The van der Waals surface area contributed by atoms with Gasteiger partial charge in [0.2, 0.25) is 0 Å². The van der Waals surface area contributed by atoms with Crippen LogP contribution in [0.25, 0.3) is 0 Å². The first-order chi connectivity index (χ1) is 11.1. The van der Waals surface area contributed by atoms with Crippen LogP contribution in [0.3, 0.4) is 0 Å². The summed E-state index contributed by atoms with van der Waals surface area (Å²) in [7, 11) is 0. The molecule has 1 saturated carbocycles. The fourth-order valence-corrected chi connectivity index (χ4v) is 3.36. The van der Waals surface area contributed by atoms with Crippen molar-refractivity contribution in [2.75, 3.05) is 6.54 Å². The van der Waals surface area contributed by atoms with Crippen LogP contribution in [-0.2, 0) is 5.41 Å². The minimum absolute atomic E-state index is 0.0504. The molecule has 122 valence electrons. The second kappa shape index (κ2) is 6.58. The fraction of sp³-hybridized carbons (Fsp3) is 0.438. The molecule has 0 spiro atoms. The van der Waals surface area contributed by atoms with Gasteiger partial charge in [0.15, 0.2) is 0 Å². The number of carbonyl (C=O) groups excluding carboxylic acids is 1. The van der Waals surface area contributed by atoms with Crippen molar-refractivity contribution >= 4 is 17.6 Å². The highest BCUT2D eigenvalue weighted by Crippen LogP contribution is 2.45. The SMILES string of the molecule is CC(NC(=O)NCC1(c2ccccc2Cl)CCC1)c1ncn[nH]1. The highest BCUT2D eigenvalue weighted by molar-refractivity contribution is 6.31. The molecule has 3 N–H and O–H groups in total. The molecule has 1 unspecified atom stereocenters. The lowest BCUT2D eigenvalue weighted by Crippen LogP contribution is -2.48. The molecule has 0 saturated heterocycles. The predicted molar refractivity (Wildman–Crippen MR) is 88.3 cm³/mol. The number of H-pyrrole nitrogens is 1. The number of aromatic nitrogens is 3. The highest BCUT2D eigenvalue weighted by Gasteiger charge is 2.40. The number of rotatable bonds is 5. The van der Waals surface area contributed by atoms with E-state index < -0.39 is 0 Å². The van der Waals surface area contributed by atoms with Gasteiger partial charge in [-0.3, -0.25) is 5.10 Å². The van der Waals surface area contributed by atoms with Gasteiger partial charge in [-0.1, -0.05) is 36.2 Å². The zero-order valence-electron chi connectivity index (χ0n) is 13.0. The van der Waals surface area contributed by atoms with Gasteiger partial charge in [0.1, 0.15) is 12.2 Å². The Kier molecular flexibility index (Phi) is 4.52. The van der Waals surface area contributed by atoms with Crippen LogP contribution in [0.5, 0.6) is 0 Å². The lowest BCUT2D eigenvalue weighted by molar-refractivity contribution is 0.213. The molecule has 6 nitrogen and oxygen atoms in total. The van der Waals surface area contributed by atoms with Crippen molar-refractivity contribution in [1.29, 1.82) is 0 Å². The first-order valence-electron chi connectivity index (χ1n) is 7.75. The minimum atomic E-state index is -0.227. The molecule has 1 aromatic carbocycles. The van der Waals surface area contributed by atoms with E-state index in [1.54, 1.807) is 0 Å². The number of hydrogen-bond acceptors (Lipinski definition) is 3. The molecule has 1 heterocycles. The summed E-state index contributed by atoms with van der Waals surface area (Å²) in [5.74, 6) is 0.629. The van der Waals surface area contributed by atoms with Crippen molar-refractivity contribution in [3.05, 3.63) is 47.0 Å². The van der Waals surface area contributed by atoms with Crippen molar-refractivity contribution in [2.24, 2.45) is 0 Å². The molecule has 2 aromatic rings. The molecule has 1 fully saturated rings. The number of halogens is 1. The summed E-state index contributed by atoms with van der Waals surface area (Å²) in [6.07, 6.45) is 4.65. The van der Waals surface area contributed by atoms with Gasteiger partial charge in [0.25, 0.3) is 0 Å². The standard InChI is InChI=1S/C16H20ClN5O/c1-11(14-19-10-20-22-14)21-15(23)18-9-16(7-4-8-16)12-5-2-3-6-13(12)17/h2-3,5-6,10-11H,4,7-9H2,1H3,(H2,18,21,23)(H,19,20,22). The third-order valence-corrected chi connectivity index (χ3v) is 4.86. The maximum Gasteiger partial charge on any atom is 0.315 e. The minimum Gasteiger partial charge on any atom is -0.337 e. The number of aromatic amines is 1. The van der Waals surface area contributed by atoms with E-state index in [1.807, 2.05) is 25.1 Å². The zero-order chi connectivity index (χ0) is 16.3. The van der Waals surface area contributed by atoms with Crippen LogP contribution in [0.4, 0.5) is 4.79 Å². The van der Waals surface area contributed by atoms with Crippen molar-refractivity contribution in [1.82, 2.24) is 25.8 Å². The first-order valence-corrected chi connectivity index (χ1v) is 8.13. The summed E-state index contributed by atoms with van der Waals surface area (Å²) in [6.45, 7) is 2.43. The Morgan fingerprint density at radius 3 is 2.83 bits per heavy atom. The first kappa shape index (κ1) is 15.8. The van der Waals surface area contributed by atoms with E-state index in [4.69, 9.17) is 11.6 Å². The summed E-state index contributed by atoms with van der Waals surface area (Å²) in [5, 5.41) is 13.1. The Labute approximate surface area is 140 Å². The summed E-state index contributed by atoms with van der Waals surface area (Å²) >= 11 is 6.34. The smallest absolute Gasteiger partial charge is 0.315 e. The molecule has 0 aliphatic heterocycles. The zero-order valence-corrected chi connectivity index (χ0v) is 13.7. The van der Waals surface area contributed by atoms with Crippen molar-refractivity contribution in [3.8, 4) is 0 Å². The average Bonchev–Trinajstić information content (AvgIpc) is 3.02. The molecule has 1 aliphatic rings. The van der Waals surface area contributed by atoms with Gasteiger partial charge in [-0.05, 0) is 31.4 Å².